The minimum atomic E-state index is 0.264. The summed E-state index contributed by atoms with van der Waals surface area (Å²) in [4.78, 5) is 3.98. The van der Waals surface area contributed by atoms with Crippen molar-refractivity contribution in [1.29, 1.82) is 0 Å². The van der Waals surface area contributed by atoms with Gasteiger partial charge < -0.3 is 9.84 Å². The summed E-state index contributed by atoms with van der Waals surface area (Å²) < 4.78 is 5.04. The van der Waals surface area contributed by atoms with Gasteiger partial charge in [-0.1, -0.05) is 0 Å². The van der Waals surface area contributed by atoms with E-state index in [0.717, 1.165) is 24.5 Å². The van der Waals surface area contributed by atoms with E-state index in [2.05, 4.69) is 4.98 Å². The van der Waals surface area contributed by atoms with Crippen LogP contribution in [0.3, 0.4) is 0 Å². The van der Waals surface area contributed by atoms with Crippen molar-refractivity contribution in [3.05, 3.63) is 24.0 Å². The van der Waals surface area contributed by atoms with E-state index in [1.165, 1.54) is 12.6 Å². The summed E-state index contributed by atoms with van der Waals surface area (Å²) >= 11 is 0. The zero-order chi connectivity index (χ0) is 9.97. The van der Waals surface area contributed by atoms with Gasteiger partial charge in [0.25, 0.3) is 0 Å². The number of ether oxygens (including phenoxy) is 1. The molecule has 0 amide bonds. The number of hydrogen-bond acceptors (Lipinski definition) is 3. The molecule has 1 saturated carbocycles. The molecule has 76 valence electrons. The summed E-state index contributed by atoms with van der Waals surface area (Å²) in [6.45, 7) is 0.827. The monoisotopic (exact) mass is 193 g/mol. The molecule has 0 aliphatic heterocycles. The molecule has 14 heavy (non-hydrogen) atoms. The third kappa shape index (κ3) is 2.04. The van der Waals surface area contributed by atoms with Crippen molar-refractivity contribution in [2.75, 3.05) is 13.7 Å². The van der Waals surface area contributed by atoms with Gasteiger partial charge in [-0.15, -0.1) is 0 Å². The van der Waals surface area contributed by atoms with Crippen molar-refractivity contribution in [3.63, 3.8) is 0 Å². The molecule has 0 saturated heterocycles. The van der Waals surface area contributed by atoms with Gasteiger partial charge in [0.15, 0.2) is 0 Å². The Bertz CT molecular complexity index is 314. The fourth-order valence-electron chi connectivity index (χ4n) is 1.89. The van der Waals surface area contributed by atoms with E-state index in [-0.39, 0.29) is 5.75 Å². The van der Waals surface area contributed by atoms with Crippen molar-refractivity contribution in [1.82, 2.24) is 4.98 Å². The van der Waals surface area contributed by atoms with Crippen LogP contribution >= 0.6 is 0 Å². The molecule has 3 heteroatoms. The van der Waals surface area contributed by atoms with Gasteiger partial charge in [0.2, 0.25) is 0 Å². The number of nitrogens with zero attached hydrogens (tertiary/aromatic N) is 1. The Hall–Kier alpha value is -1.09. The summed E-state index contributed by atoms with van der Waals surface area (Å²) in [5, 5.41) is 9.26. The van der Waals surface area contributed by atoms with E-state index in [1.807, 2.05) is 12.3 Å². The van der Waals surface area contributed by atoms with E-state index in [1.54, 1.807) is 7.11 Å². The first-order valence-corrected chi connectivity index (χ1v) is 4.94. The largest absolute Gasteiger partial charge is 0.506 e. The van der Waals surface area contributed by atoms with Crippen molar-refractivity contribution >= 4 is 0 Å². The molecule has 1 aliphatic carbocycles. The molecular weight excluding hydrogens is 178 g/mol. The van der Waals surface area contributed by atoms with Crippen LogP contribution < -0.4 is 0 Å². The van der Waals surface area contributed by atoms with E-state index in [9.17, 15) is 5.11 Å². The summed E-state index contributed by atoms with van der Waals surface area (Å²) in [6.07, 6.45) is 5.62. The van der Waals surface area contributed by atoms with Crippen LogP contribution in [0.25, 0.3) is 0 Å². The van der Waals surface area contributed by atoms with Gasteiger partial charge in [-0.05, 0) is 36.3 Å². The van der Waals surface area contributed by atoms with E-state index >= 15 is 0 Å². The highest BCUT2D eigenvalue weighted by atomic mass is 16.5. The van der Waals surface area contributed by atoms with Crippen LogP contribution in [0.15, 0.2) is 18.5 Å². The molecule has 2 atom stereocenters. The lowest BCUT2D eigenvalue weighted by Crippen LogP contribution is -1.91. The Morgan fingerprint density at radius 1 is 1.57 bits per heavy atom. The normalized spacial score (nSPS) is 24.9. The van der Waals surface area contributed by atoms with Gasteiger partial charge in [0, 0.05) is 19.9 Å². The maximum absolute atomic E-state index is 9.26. The van der Waals surface area contributed by atoms with Crippen LogP contribution in [-0.4, -0.2) is 23.8 Å². The van der Waals surface area contributed by atoms with E-state index in [0.29, 0.717) is 5.92 Å². The lowest BCUT2D eigenvalue weighted by atomic mass is 10.1. The molecule has 0 unspecified atom stereocenters. The number of aromatic hydroxyl groups is 1. The lowest BCUT2D eigenvalue weighted by Gasteiger charge is -2.00. The fourth-order valence-corrected chi connectivity index (χ4v) is 1.89. The fraction of sp³-hybridized carbons (Fsp3) is 0.545. The Labute approximate surface area is 83.7 Å². The maximum atomic E-state index is 9.26. The molecule has 1 aromatic rings. The van der Waals surface area contributed by atoms with Gasteiger partial charge in [0.05, 0.1) is 6.20 Å². The standard InChI is InChI=1S/C11H15NO2/c1-14-3-2-8-5-11(8)9-4-10(13)7-12-6-9/h4,6-8,11,13H,2-3,5H2,1H3/t8-,11-/m0/s1. The Morgan fingerprint density at radius 2 is 2.43 bits per heavy atom. The minimum Gasteiger partial charge on any atom is -0.506 e. The van der Waals surface area contributed by atoms with Gasteiger partial charge in [0.1, 0.15) is 5.75 Å². The second-order valence-electron chi connectivity index (χ2n) is 3.86. The highest BCUT2D eigenvalue weighted by molar-refractivity contribution is 5.29. The third-order valence-electron chi connectivity index (χ3n) is 2.79. The maximum Gasteiger partial charge on any atom is 0.134 e. The molecule has 1 fully saturated rings. The van der Waals surface area contributed by atoms with Crippen molar-refractivity contribution < 1.29 is 9.84 Å². The minimum absolute atomic E-state index is 0.264. The lowest BCUT2D eigenvalue weighted by molar-refractivity contribution is 0.189. The van der Waals surface area contributed by atoms with E-state index in [4.69, 9.17) is 4.74 Å². The summed E-state index contributed by atoms with van der Waals surface area (Å²) in [5.41, 5.74) is 1.16. The topological polar surface area (TPSA) is 42.4 Å². The highest BCUT2D eigenvalue weighted by Crippen LogP contribution is 2.49. The number of methoxy groups -OCH3 is 1. The predicted octanol–water partition coefficient (Wildman–Crippen LogP) is 1.93. The van der Waals surface area contributed by atoms with Crippen LogP contribution in [0.2, 0.25) is 0 Å². The van der Waals surface area contributed by atoms with Crippen LogP contribution in [-0.2, 0) is 4.74 Å². The molecule has 1 N–H and O–H groups in total. The first kappa shape index (κ1) is 9.46. The van der Waals surface area contributed by atoms with Crippen LogP contribution in [0.4, 0.5) is 0 Å². The average molecular weight is 193 g/mol. The first-order chi connectivity index (χ1) is 6.81. The molecule has 0 bridgehead atoms. The summed E-state index contributed by atoms with van der Waals surface area (Å²) in [5.74, 6) is 1.57. The number of pyridine rings is 1. The van der Waals surface area contributed by atoms with Crippen LogP contribution in [0.1, 0.15) is 24.3 Å². The predicted molar refractivity (Wildman–Crippen MR) is 53.2 cm³/mol. The van der Waals surface area contributed by atoms with Gasteiger partial charge in [-0.3, -0.25) is 4.98 Å². The average Bonchev–Trinajstić information content (AvgIpc) is 2.94. The number of hydrogen-bond donors (Lipinski definition) is 1. The quantitative estimate of drug-likeness (QED) is 0.794. The zero-order valence-corrected chi connectivity index (χ0v) is 8.31. The SMILES string of the molecule is COCC[C@H]1C[C@@H]1c1cncc(O)c1. The van der Waals surface area contributed by atoms with Crippen LogP contribution in [0, 0.1) is 5.92 Å². The molecule has 0 radical (unpaired) electrons. The Kier molecular flexibility index (Phi) is 2.68. The zero-order valence-electron chi connectivity index (χ0n) is 8.31. The van der Waals surface area contributed by atoms with Crippen molar-refractivity contribution in [2.45, 2.75) is 18.8 Å². The van der Waals surface area contributed by atoms with E-state index < -0.39 is 0 Å². The van der Waals surface area contributed by atoms with Gasteiger partial charge in [-0.2, -0.15) is 0 Å². The number of rotatable bonds is 4. The summed E-state index contributed by atoms with van der Waals surface area (Å²) in [7, 11) is 1.73. The second kappa shape index (κ2) is 3.96. The summed E-state index contributed by atoms with van der Waals surface area (Å²) in [6, 6.07) is 1.81. The molecule has 1 aliphatic rings. The Balaban J connectivity index is 1.92. The Morgan fingerprint density at radius 3 is 3.14 bits per heavy atom. The smallest absolute Gasteiger partial charge is 0.134 e. The molecule has 1 heterocycles. The number of aromatic nitrogens is 1. The first-order valence-electron chi connectivity index (χ1n) is 4.94. The van der Waals surface area contributed by atoms with Crippen LogP contribution in [0.5, 0.6) is 5.75 Å². The molecule has 1 aromatic heterocycles. The third-order valence-corrected chi connectivity index (χ3v) is 2.79. The second-order valence-corrected chi connectivity index (χ2v) is 3.86. The molecular formula is C11H15NO2. The van der Waals surface area contributed by atoms with Crippen molar-refractivity contribution in [2.24, 2.45) is 5.92 Å². The molecule has 0 spiro atoms. The van der Waals surface area contributed by atoms with Gasteiger partial charge in [-0.25, -0.2) is 0 Å². The van der Waals surface area contributed by atoms with Gasteiger partial charge >= 0.3 is 0 Å². The molecule has 0 aromatic carbocycles. The highest BCUT2D eigenvalue weighted by Gasteiger charge is 2.37. The van der Waals surface area contributed by atoms with Crippen molar-refractivity contribution in [3.8, 4) is 5.75 Å². The molecule has 2 rings (SSSR count). The molecule has 3 nitrogen and oxygen atoms in total.